The minimum Gasteiger partial charge on any atom is -0.292 e. The van der Waals surface area contributed by atoms with Crippen molar-refractivity contribution in [3.8, 4) is 6.07 Å². The molecule has 0 N–H and O–H groups in total. The lowest BCUT2D eigenvalue weighted by atomic mass is 10.2. The van der Waals surface area contributed by atoms with Crippen LogP contribution in [0.25, 0.3) is 0 Å². The Labute approximate surface area is 80.8 Å². The summed E-state index contributed by atoms with van der Waals surface area (Å²) in [5.74, 6) is -0.0260. The summed E-state index contributed by atoms with van der Waals surface area (Å²) in [5, 5.41) is 8.38. The van der Waals surface area contributed by atoms with E-state index >= 15 is 0 Å². The number of thiophene rings is 1. The van der Waals surface area contributed by atoms with E-state index in [9.17, 15) is 4.79 Å². The van der Waals surface area contributed by atoms with Gasteiger partial charge in [0.25, 0.3) is 0 Å². The number of fused-ring (bicyclic) bond motifs is 1. The molecule has 13 heavy (non-hydrogen) atoms. The first kappa shape index (κ1) is 8.46. The molecule has 1 aliphatic rings. The predicted molar refractivity (Wildman–Crippen MR) is 50.9 cm³/mol. The second-order valence-corrected chi connectivity index (χ2v) is 4.31. The predicted octanol–water partition coefficient (Wildman–Crippen LogP) is 2.33. The zero-order chi connectivity index (χ0) is 9.26. The molecule has 0 aliphatic heterocycles. The number of rotatable bonds is 2. The third kappa shape index (κ3) is 1.50. The van der Waals surface area contributed by atoms with Crippen molar-refractivity contribution < 1.29 is 4.79 Å². The zero-order valence-electron chi connectivity index (χ0n) is 7.17. The molecule has 3 heteroatoms. The summed E-state index contributed by atoms with van der Waals surface area (Å²) in [5.41, 5.74) is 1.33. The number of carbonyl (C=O) groups is 1. The first-order valence-electron chi connectivity index (χ1n) is 4.33. The molecule has 0 saturated heterocycles. The number of hydrogen-bond acceptors (Lipinski definition) is 3. The number of aryl methyl sites for hydroxylation is 2. The van der Waals surface area contributed by atoms with Crippen LogP contribution in [0.1, 0.15) is 33.0 Å². The first-order valence-corrected chi connectivity index (χ1v) is 5.14. The molecule has 1 aliphatic carbocycles. The van der Waals surface area contributed by atoms with Crippen molar-refractivity contribution in [2.75, 3.05) is 0 Å². The molecule has 1 heterocycles. The Hall–Kier alpha value is -1.14. The van der Waals surface area contributed by atoms with E-state index in [2.05, 4.69) is 0 Å². The van der Waals surface area contributed by atoms with Crippen LogP contribution in [0.3, 0.4) is 0 Å². The van der Waals surface area contributed by atoms with Crippen LogP contribution in [0.4, 0.5) is 0 Å². The summed E-state index contributed by atoms with van der Waals surface area (Å²) in [7, 11) is 0. The maximum atomic E-state index is 11.3. The highest BCUT2D eigenvalue weighted by atomic mass is 32.1. The number of hydrogen-bond donors (Lipinski definition) is 0. The van der Waals surface area contributed by atoms with Gasteiger partial charge in [-0.2, -0.15) is 5.26 Å². The normalized spacial score (nSPS) is 13.8. The summed E-state index contributed by atoms with van der Waals surface area (Å²) in [6, 6.07) is 3.85. The van der Waals surface area contributed by atoms with Crippen molar-refractivity contribution >= 4 is 17.1 Å². The second-order valence-electron chi connectivity index (χ2n) is 3.17. The molecule has 0 unspecified atom stereocenters. The zero-order valence-corrected chi connectivity index (χ0v) is 7.99. The highest BCUT2D eigenvalue weighted by Gasteiger charge is 2.17. The van der Waals surface area contributed by atoms with Gasteiger partial charge >= 0.3 is 0 Å². The SMILES string of the molecule is N#CCC(=O)c1cc2c(s1)CCC2. The van der Waals surface area contributed by atoms with E-state index < -0.39 is 0 Å². The van der Waals surface area contributed by atoms with Crippen molar-refractivity contribution in [2.45, 2.75) is 25.7 Å². The highest BCUT2D eigenvalue weighted by molar-refractivity contribution is 7.14. The standard InChI is InChI=1S/C10H9NOS/c11-5-4-8(12)10-6-7-2-1-3-9(7)13-10/h6H,1-4H2. The van der Waals surface area contributed by atoms with E-state index in [0.717, 1.165) is 17.7 Å². The fraction of sp³-hybridized carbons (Fsp3) is 0.400. The molecule has 0 radical (unpaired) electrons. The van der Waals surface area contributed by atoms with Gasteiger partial charge in [0.2, 0.25) is 0 Å². The van der Waals surface area contributed by atoms with Gasteiger partial charge in [-0.05, 0) is 30.9 Å². The fourth-order valence-electron chi connectivity index (χ4n) is 1.63. The number of ketones is 1. The van der Waals surface area contributed by atoms with Gasteiger partial charge in [-0.3, -0.25) is 4.79 Å². The van der Waals surface area contributed by atoms with Crippen LogP contribution in [-0.2, 0) is 12.8 Å². The van der Waals surface area contributed by atoms with Crippen LogP contribution in [0, 0.1) is 11.3 Å². The number of carbonyl (C=O) groups excluding carboxylic acids is 1. The molecule has 0 spiro atoms. The van der Waals surface area contributed by atoms with Gasteiger partial charge in [0.15, 0.2) is 5.78 Å². The van der Waals surface area contributed by atoms with Crippen LogP contribution in [0.2, 0.25) is 0 Å². The Morgan fingerprint density at radius 3 is 3.15 bits per heavy atom. The molecule has 2 nitrogen and oxygen atoms in total. The lowest BCUT2D eigenvalue weighted by molar-refractivity contribution is 0.100. The molecule has 0 bridgehead atoms. The van der Waals surface area contributed by atoms with Gasteiger partial charge in [0.05, 0.1) is 17.4 Å². The number of nitriles is 1. The minimum absolute atomic E-state index is 0.0133. The quantitative estimate of drug-likeness (QED) is 0.673. The summed E-state index contributed by atoms with van der Waals surface area (Å²) in [6.45, 7) is 0. The van der Waals surface area contributed by atoms with Crippen LogP contribution < -0.4 is 0 Å². The molecular formula is C10H9NOS. The van der Waals surface area contributed by atoms with Gasteiger partial charge in [-0.25, -0.2) is 0 Å². The average molecular weight is 191 g/mol. The highest BCUT2D eigenvalue weighted by Crippen LogP contribution is 2.30. The topological polar surface area (TPSA) is 40.9 Å². The van der Waals surface area contributed by atoms with Crippen molar-refractivity contribution in [2.24, 2.45) is 0 Å². The Kier molecular flexibility index (Phi) is 2.15. The van der Waals surface area contributed by atoms with Gasteiger partial charge in [-0.15, -0.1) is 11.3 Å². The van der Waals surface area contributed by atoms with E-state index in [0.29, 0.717) is 0 Å². The number of Topliss-reactive ketones (excluding diaryl/α,β-unsaturated/α-hetero) is 1. The van der Waals surface area contributed by atoms with Gasteiger partial charge < -0.3 is 0 Å². The molecule has 0 atom stereocenters. The Balaban J connectivity index is 2.24. The largest absolute Gasteiger partial charge is 0.292 e. The van der Waals surface area contributed by atoms with E-state index in [1.54, 1.807) is 11.3 Å². The summed E-state index contributed by atoms with van der Waals surface area (Å²) in [6.07, 6.45) is 3.44. The Bertz CT molecular complexity index is 365. The third-order valence-corrected chi connectivity index (χ3v) is 3.54. The molecule has 0 amide bonds. The lowest BCUT2D eigenvalue weighted by Crippen LogP contribution is -1.92. The fourth-order valence-corrected chi connectivity index (χ4v) is 2.82. The van der Waals surface area contributed by atoms with Crippen molar-refractivity contribution in [1.82, 2.24) is 0 Å². The maximum absolute atomic E-state index is 11.3. The van der Waals surface area contributed by atoms with Gasteiger partial charge in [0, 0.05) is 4.88 Å². The van der Waals surface area contributed by atoms with Gasteiger partial charge in [-0.1, -0.05) is 0 Å². The average Bonchev–Trinajstić information content (AvgIpc) is 2.61. The van der Waals surface area contributed by atoms with Crippen molar-refractivity contribution in [1.29, 1.82) is 5.26 Å². The minimum atomic E-state index is -0.0260. The monoisotopic (exact) mass is 191 g/mol. The molecule has 2 rings (SSSR count). The summed E-state index contributed by atoms with van der Waals surface area (Å²) < 4.78 is 0. The van der Waals surface area contributed by atoms with Crippen molar-refractivity contribution in [3.05, 3.63) is 21.4 Å². The third-order valence-electron chi connectivity index (χ3n) is 2.26. The second kappa shape index (κ2) is 3.31. The van der Waals surface area contributed by atoms with Crippen LogP contribution in [0.5, 0.6) is 0 Å². The Morgan fingerprint density at radius 1 is 1.62 bits per heavy atom. The summed E-state index contributed by atoms with van der Waals surface area (Å²) in [4.78, 5) is 13.5. The van der Waals surface area contributed by atoms with Crippen LogP contribution in [0.15, 0.2) is 6.07 Å². The molecular weight excluding hydrogens is 182 g/mol. The first-order chi connectivity index (χ1) is 6.31. The summed E-state index contributed by atoms with van der Waals surface area (Å²) >= 11 is 1.57. The molecule has 66 valence electrons. The molecule has 1 aromatic heterocycles. The van der Waals surface area contributed by atoms with Crippen LogP contribution in [-0.4, -0.2) is 5.78 Å². The molecule has 0 saturated carbocycles. The lowest BCUT2D eigenvalue weighted by Gasteiger charge is -1.88. The molecule has 0 aromatic carbocycles. The van der Waals surface area contributed by atoms with E-state index in [1.807, 2.05) is 12.1 Å². The number of nitrogens with zero attached hydrogens (tertiary/aromatic N) is 1. The maximum Gasteiger partial charge on any atom is 0.186 e. The van der Waals surface area contributed by atoms with Gasteiger partial charge in [0.1, 0.15) is 0 Å². The smallest absolute Gasteiger partial charge is 0.186 e. The molecule has 0 fully saturated rings. The van der Waals surface area contributed by atoms with Crippen molar-refractivity contribution in [3.63, 3.8) is 0 Å². The Morgan fingerprint density at radius 2 is 2.46 bits per heavy atom. The van der Waals surface area contributed by atoms with E-state index in [1.165, 1.54) is 16.9 Å². The molecule has 1 aromatic rings. The van der Waals surface area contributed by atoms with E-state index in [-0.39, 0.29) is 12.2 Å². The van der Waals surface area contributed by atoms with Crippen LogP contribution >= 0.6 is 11.3 Å². The van der Waals surface area contributed by atoms with E-state index in [4.69, 9.17) is 5.26 Å².